The molecule has 0 spiro atoms. The van der Waals surface area contributed by atoms with E-state index in [2.05, 4.69) is 21.2 Å². The Labute approximate surface area is 157 Å². The number of carbonyl (C=O) groups is 1. The minimum Gasteiger partial charge on any atom is -0.481 e. The highest BCUT2D eigenvalue weighted by atomic mass is 79.9. The van der Waals surface area contributed by atoms with Gasteiger partial charge in [0.15, 0.2) is 6.10 Å². The van der Waals surface area contributed by atoms with Crippen molar-refractivity contribution in [1.82, 2.24) is 4.57 Å². The first kappa shape index (κ1) is 17.7. The molecule has 0 radical (unpaired) electrons. The van der Waals surface area contributed by atoms with E-state index in [1.165, 1.54) is 11.3 Å². The molecule has 3 rings (SSSR count). The lowest BCUT2D eigenvalue weighted by molar-refractivity contribution is -0.122. The van der Waals surface area contributed by atoms with Crippen LogP contribution in [0.25, 0.3) is 10.2 Å². The molecule has 130 valence electrons. The molecule has 1 unspecified atom stereocenters. The first-order chi connectivity index (χ1) is 12.0. The van der Waals surface area contributed by atoms with Crippen LogP contribution < -0.4 is 14.9 Å². The quantitative estimate of drug-likeness (QED) is 0.670. The summed E-state index contributed by atoms with van der Waals surface area (Å²) in [6, 6.07) is 12.8. The van der Waals surface area contributed by atoms with Crippen LogP contribution in [0.2, 0.25) is 0 Å². The van der Waals surface area contributed by atoms with Crippen LogP contribution >= 0.6 is 27.3 Å². The van der Waals surface area contributed by atoms with E-state index in [1.807, 2.05) is 31.2 Å². The van der Waals surface area contributed by atoms with Gasteiger partial charge in [-0.3, -0.25) is 14.2 Å². The van der Waals surface area contributed by atoms with Crippen molar-refractivity contribution < 1.29 is 9.53 Å². The fourth-order valence-electron chi connectivity index (χ4n) is 2.46. The second-order valence-electron chi connectivity index (χ2n) is 5.50. The highest BCUT2D eigenvalue weighted by Gasteiger charge is 2.16. The number of nitrogens with zero attached hydrogens (tertiary/aromatic N) is 1. The monoisotopic (exact) mass is 420 g/mol. The van der Waals surface area contributed by atoms with Gasteiger partial charge in [0.05, 0.1) is 10.2 Å². The zero-order valence-corrected chi connectivity index (χ0v) is 16.2. The molecule has 1 atom stereocenters. The molecule has 0 fully saturated rings. The van der Waals surface area contributed by atoms with Crippen molar-refractivity contribution in [2.24, 2.45) is 0 Å². The van der Waals surface area contributed by atoms with E-state index in [0.717, 1.165) is 14.7 Å². The van der Waals surface area contributed by atoms with Gasteiger partial charge in [-0.05, 0) is 56.3 Å². The molecule has 0 aliphatic rings. The third-order valence-electron chi connectivity index (χ3n) is 3.75. The van der Waals surface area contributed by atoms with Crippen LogP contribution in [0.15, 0.2) is 51.7 Å². The van der Waals surface area contributed by atoms with E-state index in [1.54, 1.807) is 29.7 Å². The number of hydrogen-bond acceptors (Lipinski definition) is 4. The second kappa shape index (κ2) is 7.41. The van der Waals surface area contributed by atoms with Gasteiger partial charge in [0, 0.05) is 16.7 Å². The smallest absolute Gasteiger partial charge is 0.308 e. The zero-order chi connectivity index (χ0) is 18.0. The lowest BCUT2D eigenvalue weighted by atomic mass is 10.2. The molecule has 0 aliphatic carbocycles. The summed E-state index contributed by atoms with van der Waals surface area (Å²) in [5.41, 5.74) is 1.53. The number of aryl methyl sites for hydroxylation is 1. The van der Waals surface area contributed by atoms with Crippen molar-refractivity contribution >= 4 is 49.1 Å². The van der Waals surface area contributed by atoms with Crippen molar-refractivity contribution in [2.75, 3.05) is 5.32 Å². The number of carbonyl (C=O) groups excluding carboxylic acids is 1. The number of fused-ring (bicyclic) bond motifs is 1. The molecule has 0 aliphatic heterocycles. The Morgan fingerprint density at radius 1 is 1.28 bits per heavy atom. The number of rotatable bonds is 5. The third kappa shape index (κ3) is 3.93. The summed E-state index contributed by atoms with van der Waals surface area (Å²) in [6.07, 6.45) is -0.643. The summed E-state index contributed by atoms with van der Waals surface area (Å²) in [5, 5.41) is 2.83. The predicted molar refractivity (Wildman–Crippen MR) is 105 cm³/mol. The van der Waals surface area contributed by atoms with Gasteiger partial charge in [-0.1, -0.05) is 27.3 Å². The molecule has 0 saturated heterocycles. The van der Waals surface area contributed by atoms with Crippen molar-refractivity contribution in [3.63, 3.8) is 0 Å². The van der Waals surface area contributed by atoms with Crippen LogP contribution in [-0.4, -0.2) is 16.6 Å². The first-order valence-electron chi connectivity index (χ1n) is 7.84. The van der Waals surface area contributed by atoms with E-state index in [-0.39, 0.29) is 10.8 Å². The van der Waals surface area contributed by atoms with Crippen molar-refractivity contribution in [3.05, 3.63) is 56.6 Å². The summed E-state index contributed by atoms with van der Waals surface area (Å²) >= 11 is 4.54. The van der Waals surface area contributed by atoms with Gasteiger partial charge in [-0.25, -0.2) is 0 Å². The van der Waals surface area contributed by atoms with Gasteiger partial charge in [0.1, 0.15) is 5.75 Å². The van der Waals surface area contributed by atoms with Gasteiger partial charge < -0.3 is 10.1 Å². The number of anilines is 1. The minimum atomic E-state index is -0.643. The van der Waals surface area contributed by atoms with Crippen LogP contribution in [0.1, 0.15) is 13.8 Å². The Balaban J connectivity index is 1.72. The van der Waals surface area contributed by atoms with Gasteiger partial charge in [0.25, 0.3) is 5.91 Å². The van der Waals surface area contributed by atoms with Crippen molar-refractivity contribution in [2.45, 2.75) is 26.5 Å². The van der Waals surface area contributed by atoms with Crippen molar-refractivity contribution in [3.8, 4) is 5.75 Å². The average Bonchev–Trinajstić information content (AvgIpc) is 2.91. The maximum absolute atomic E-state index is 12.3. The maximum Gasteiger partial charge on any atom is 0.308 e. The molecule has 0 bridgehead atoms. The Bertz CT molecular complexity index is 963. The number of hydrogen-bond donors (Lipinski definition) is 1. The summed E-state index contributed by atoms with van der Waals surface area (Å²) in [6.45, 7) is 4.26. The van der Waals surface area contributed by atoms with E-state index in [0.29, 0.717) is 18.0 Å². The molecule has 2 aromatic carbocycles. The summed E-state index contributed by atoms with van der Waals surface area (Å²) in [4.78, 5) is 24.3. The Hall–Kier alpha value is -2.12. The minimum absolute atomic E-state index is 0.00733. The number of halogens is 1. The molecule has 3 aromatic rings. The molecule has 7 heteroatoms. The van der Waals surface area contributed by atoms with E-state index >= 15 is 0 Å². The lowest BCUT2D eigenvalue weighted by Crippen LogP contribution is -2.30. The second-order valence-corrected chi connectivity index (χ2v) is 7.41. The highest BCUT2D eigenvalue weighted by Crippen LogP contribution is 2.22. The zero-order valence-electron chi connectivity index (χ0n) is 13.8. The highest BCUT2D eigenvalue weighted by molar-refractivity contribution is 9.10. The molecule has 1 heterocycles. The molecule has 5 nitrogen and oxygen atoms in total. The standard InChI is InChI=1S/C18H17BrN2O3S/c1-3-21-15-9-6-13(10-16(15)25-18(21)23)20-17(22)11(2)24-14-7-4-12(19)5-8-14/h4-11H,3H2,1-2H3,(H,20,22). The number of thiazole rings is 1. The molecule has 0 saturated carbocycles. The fraction of sp³-hybridized carbons (Fsp3) is 0.222. The fourth-order valence-corrected chi connectivity index (χ4v) is 3.72. The number of nitrogens with one attached hydrogen (secondary N) is 1. The Kier molecular flexibility index (Phi) is 5.24. The van der Waals surface area contributed by atoms with E-state index in [4.69, 9.17) is 4.74 Å². The molecule has 1 aromatic heterocycles. The summed E-state index contributed by atoms with van der Waals surface area (Å²) in [7, 11) is 0. The summed E-state index contributed by atoms with van der Waals surface area (Å²) in [5.74, 6) is 0.379. The van der Waals surface area contributed by atoms with E-state index in [9.17, 15) is 9.59 Å². The Morgan fingerprint density at radius 3 is 2.68 bits per heavy atom. The number of aromatic nitrogens is 1. The number of amides is 1. The summed E-state index contributed by atoms with van der Waals surface area (Å²) < 4.78 is 9.16. The van der Waals surface area contributed by atoms with Crippen LogP contribution in [0.3, 0.4) is 0 Å². The van der Waals surface area contributed by atoms with Crippen LogP contribution in [0.4, 0.5) is 5.69 Å². The predicted octanol–water partition coefficient (Wildman–Crippen LogP) is 4.25. The molecular formula is C18H17BrN2O3S. The van der Waals surface area contributed by atoms with Gasteiger partial charge in [-0.2, -0.15) is 0 Å². The van der Waals surface area contributed by atoms with Crippen LogP contribution in [-0.2, 0) is 11.3 Å². The Morgan fingerprint density at radius 2 is 2.00 bits per heavy atom. The van der Waals surface area contributed by atoms with Crippen molar-refractivity contribution in [1.29, 1.82) is 0 Å². The van der Waals surface area contributed by atoms with Gasteiger partial charge in [0.2, 0.25) is 0 Å². The van der Waals surface area contributed by atoms with Crippen LogP contribution in [0.5, 0.6) is 5.75 Å². The maximum atomic E-state index is 12.3. The SMILES string of the molecule is CCn1c(=O)sc2cc(NC(=O)C(C)Oc3ccc(Br)cc3)ccc21. The number of benzene rings is 2. The normalized spacial score (nSPS) is 12.1. The van der Waals surface area contributed by atoms with Gasteiger partial charge in [-0.15, -0.1) is 0 Å². The topological polar surface area (TPSA) is 60.3 Å². The molecule has 25 heavy (non-hydrogen) atoms. The molecule has 1 amide bonds. The molecule has 1 N–H and O–H groups in total. The molecular weight excluding hydrogens is 404 g/mol. The third-order valence-corrected chi connectivity index (χ3v) is 5.22. The number of ether oxygens (including phenoxy) is 1. The first-order valence-corrected chi connectivity index (χ1v) is 9.45. The average molecular weight is 421 g/mol. The lowest BCUT2D eigenvalue weighted by Gasteiger charge is -2.15. The largest absolute Gasteiger partial charge is 0.481 e. The van der Waals surface area contributed by atoms with Gasteiger partial charge >= 0.3 is 4.87 Å². The van der Waals surface area contributed by atoms with E-state index < -0.39 is 6.10 Å². The van der Waals surface area contributed by atoms with Crippen LogP contribution in [0, 0.1) is 0 Å².